The third-order valence-electron chi connectivity index (χ3n) is 9.97. The molecule has 0 bridgehead atoms. The van der Waals surface area contributed by atoms with Gasteiger partial charge in [-0.05, 0) is 77.6 Å². The van der Waals surface area contributed by atoms with Crippen LogP contribution in [0.4, 0.5) is 9.59 Å². The van der Waals surface area contributed by atoms with Crippen molar-refractivity contribution in [1.82, 2.24) is 39.8 Å². The van der Waals surface area contributed by atoms with Crippen LogP contribution in [0.2, 0.25) is 0 Å². The van der Waals surface area contributed by atoms with Crippen LogP contribution in [0.5, 0.6) is 0 Å². The summed E-state index contributed by atoms with van der Waals surface area (Å²) in [4.78, 5) is 63.8. The molecule has 7 rings (SSSR count). The topological polar surface area (TPSA) is 163 Å². The van der Waals surface area contributed by atoms with Crippen molar-refractivity contribution in [1.29, 1.82) is 0 Å². The quantitative estimate of drug-likeness (QED) is 0.149. The number of alkyl carbamates (subject to hydrolysis) is 2. The van der Waals surface area contributed by atoms with E-state index in [4.69, 9.17) is 9.72 Å². The fourth-order valence-electron chi connectivity index (χ4n) is 7.04. The molecule has 4 amide bonds. The number of pyridine rings is 1. The number of methoxy groups -OCH3 is 2. The van der Waals surface area contributed by atoms with Crippen molar-refractivity contribution in [3.8, 4) is 22.3 Å². The number of H-pyrrole nitrogens is 1. The van der Waals surface area contributed by atoms with Crippen molar-refractivity contribution in [2.75, 3.05) is 40.4 Å². The van der Waals surface area contributed by atoms with E-state index in [9.17, 15) is 19.2 Å². The van der Waals surface area contributed by atoms with Crippen LogP contribution >= 0.6 is 0 Å². The van der Waals surface area contributed by atoms with Gasteiger partial charge in [-0.15, -0.1) is 0 Å². The molecule has 5 heterocycles. The van der Waals surface area contributed by atoms with E-state index in [1.807, 2.05) is 41.5 Å². The summed E-state index contributed by atoms with van der Waals surface area (Å²) in [5, 5.41) is 5.07. The zero-order chi connectivity index (χ0) is 41.1. The van der Waals surface area contributed by atoms with Gasteiger partial charge in [0.25, 0.3) is 0 Å². The summed E-state index contributed by atoms with van der Waals surface area (Å²) in [6.45, 7) is 12.5. The molecule has 2 aliphatic heterocycles. The van der Waals surface area contributed by atoms with Gasteiger partial charge in [-0.25, -0.2) is 19.6 Å². The zero-order valence-corrected chi connectivity index (χ0v) is 34.1. The number of aromatic nitrogens is 4. The van der Waals surface area contributed by atoms with Gasteiger partial charge in [0.15, 0.2) is 0 Å². The molecule has 14 nitrogen and oxygen atoms in total. The predicted octanol–water partition coefficient (Wildman–Crippen LogP) is 7.22. The van der Waals surface area contributed by atoms with Gasteiger partial charge >= 0.3 is 12.2 Å². The second-order valence-electron chi connectivity index (χ2n) is 14.9. The van der Waals surface area contributed by atoms with Crippen LogP contribution in [0.15, 0.2) is 73.2 Å². The number of amides is 4. The van der Waals surface area contributed by atoms with Crippen LogP contribution in [0.1, 0.15) is 72.2 Å². The summed E-state index contributed by atoms with van der Waals surface area (Å²) < 4.78 is 11.1. The van der Waals surface area contributed by atoms with Gasteiger partial charge in [0.1, 0.15) is 24.1 Å². The Kier molecular flexibility index (Phi) is 14.7. The molecule has 0 radical (unpaired) electrons. The maximum Gasteiger partial charge on any atom is 0.407 e. The van der Waals surface area contributed by atoms with Crippen molar-refractivity contribution in [2.45, 2.75) is 72.4 Å². The zero-order valence-electron chi connectivity index (χ0n) is 34.1. The largest absolute Gasteiger partial charge is 0.453 e. The highest BCUT2D eigenvalue weighted by Gasteiger charge is 2.40. The molecule has 304 valence electrons. The van der Waals surface area contributed by atoms with Crippen molar-refractivity contribution in [3.05, 3.63) is 79.0 Å². The summed E-state index contributed by atoms with van der Waals surface area (Å²) in [5.41, 5.74) is 7.16. The molecule has 3 aromatic heterocycles. The Hall–Kier alpha value is -5.92. The summed E-state index contributed by atoms with van der Waals surface area (Å²) in [6.07, 6.45) is 8.83. The number of hydrogen-bond donors (Lipinski definition) is 3. The van der Waals surface area contributed by atoms with Crippen molar-refractivity contribution in [2.24, 2.45) is 11.8 Å². The molecule has 2 aromatic carbocycles. The summed E-state index contributed by atoms with van der Waals surface area (Å²) in [7, 11) is 2.58. The lowest BCUT2D eigenvalue weighted by molar-refractivity contribution is -0.135. The standard InChI is InChI=1S/C32H34N6O3.C8H14N2O3.C3H8/c1-19(2)29(36-32(40)41-4)31(39)38-17-20(3)15-27(38)30-34-25-11-9-23(16-26(25)35-30)21-5-7-22(8-6-21)24-10-12-28-33-13-14-37(28)18-24;1-13-8(12)9-6-7(11)10-4-2-3-5-10;1-3-2/h5-14,16,18-20,27,29H,15,17H2,1-4H3,(H,34,35)(H,36,40);2-6H2,1H3,(H,9,12);3H2,1-2H3/t20-,27-,29-;;/m0../s1. The highest BCUT2D eigenvalue weighted by atomic mass is 16.5. The Bertz CT molecular complexity index is 2120. The lowest BCUT2D eigenvalue weighted by atomic mass is 10.0. The molecule has 2 saturated heterocycles. The Labute approximate surface area is 334 Å². The highest BCUT2D eigenvalue weighted by Crippen LogP contribution is 2.36. The molecule has 14 heteroatoms. The second-order valence-corrected chi connectivity index (χ2v) is 14.9. The van der Waals surface area contributed by atoms with Crippen LogP contribution in [0, 0.1) is 11.8 Å². The van der Waals surface area contributed by atoms with Crippen molar-refractivity contribution in [3.63, 3.8) is 0 Å². The van der Waals surface area contributed by atoms with Gasteiger partial charge in [0, 0.05) is 38.2 Å². The maximum atomic E-state index is 13.6. The van der Waals surface area contributed by atoms with E-state index in [2.05, 4.69) is 94.8 Å². The van der Waals surface area contributed by atoms with Gasteiger partial charge in [-0.2, -0.15) is 0 Å². The number of aromatic amines is 1. The summed E-state index contributed by atoms with van der Waals surface area (Å²) in [6, 6.07) is 18.0. The Morgan fingerprint density at radius 2 is 1.53 bits per heavy atom. The molecule has 5 aromatic rings. The number of nitrogens with zero attached hydrogens (tertiary/aromatic N) is 5. The number of fused-ring (bicyclic) bond motifs is 2. The predicted molar refractivity (Wildman–Crippen MR) is 220 cm³/mol. The highest BCUT2D eigenvalue weighted by molar-refractivity contribution is 5.87. The molecule has 2 aliphatic rings. The van der Waals surface area contributed by atoms with E-state index in [-0.39, 0.29) is 30.3 Å². The van der Waals surface area contributed by atoms with Crippen LogP contribution in [0.25, 0.3) is 38.9 Å². The monoisotopic (exact) mass is 780 g/mol. The summed E-state index contributed by atoms with van der Waals surface area (Å²) in [5.74, 6) is 0.833. The first-order valence-electron chi connectivity index (χ1n) is 19.7. The molecule has 3 N–H and O–H groups in total. The molecule has 0 unspecified atom stereocenters. The molecular formula is C43H56N8O6. The second kappa shape index (κ2) is 19.8. The number of rotatable bonds is 8. The Morgan fingerprint density at radius 1 is 0.895 bits per heavy atom. The first-order valence-corrected chi connectivity index (χ1v) is 19.7. The third-order valence-corrected chi connectivity index (χ3v) is 9.97. The van der Waals surface area contributed by atoms with Gasteiger partial charge in [-0.3, -0.25) is 9.59 Å². The van der Waals surface area contributed by atoms with E-state index in [1.54, 1.807) is 11.1 Å². The normalized spacial score (nSPS) is 16.7. The van der Waals surface area contributed by atoms with Crippen LogP contribution in [-0.4, -0.2) is 99.6 Å². The van der Waals surface area contributed by atoms with Gasteiger partial charge in [0.05, 0.1) is 31.3 Å². The number of imidazole rings is 2. The fourth-order valence-corrected chi connectivity index (χ4v) is 7.04. The van der Waals surface area contributed by atoms with Gasteiger partial charge < -0.3 is 39.3 Å². The van der Waals surface area contributed by atoms with Crippen molar-refractivity contribution >= 4 is 40.7 Å². The number of nitrogens with one attached hydrogen (secondary N) is 3. The van der Waals surface area contributed by atoms with Crippen LogP contribution in [-0.2, 0) is 19.1 Å². The Morgan fingerprint density at radius 3 is 2.18 bits per heavy atom. The third kappa shape index (κ3) is 10.7. The van der Waals surface area contributed by atoms with E-state index in [0.717, 1.165) is 77.1 Å². The first-order chi connectivity index (χ1) is 27.5. The average molecular weight is 781 g/mol. The minimum atomic E-state index is -0.670. The first kappa shape index (κ1) is 42.2. The maximum absolute atomic E-state index is 13.6. The minimum absolute atomic E-state index is 0.0344. The fraction of sp³-hybridized carbons (Fsp3) is 0.442. The molecule has 0 spiro atoms. The molecule has 57 heavy (non-hydrogen) atoms. The molecule has 0 aliphatic carbocycles. The number of likely N-dealkylation sites (tertiary alicyclic amines) is 2. The Balaban J connectivity index is 0.000000326. The SMILES string of the molecule is CCC.COC(=O)NCC(=O)N1CCCC1.COC(=O)N[C@H](C(=O)N1C[C@@H](C)C[C@H]1c1nc2ccc(-c3ccc(-c4ccc5nccn5c4)cc3)cc2[nH]1)C(C)C. The average Bonchev–Trinajstić information content (AvgIpc) is 4.05. The van der Waals surface area contributed by atoms with E-state index < -0.39 is 18.2 Å². The van der Waals surface area contributed by atoms with E-state index >= 15 is 0 Å². The molecule has 3 atom stereocenters. The van der Waals surface area contributed by atoms with Gasteiger partial charge in [-0.1, -0.05) is 71.4 Å². The van der Waals surface area contributed by atoms with Crippen LogP contribution in [0.3, 0.4) is 0 Å². The number of carbonyl (C=O) groups is 4. The lowest BCUT2D eigenvalue weighted by Gasteiger charge is -2.30. The number of hydrogen-bond acceptors (Lipinski definition) is 8. The van der Waals surface area contributed by atoms with Gasteiger partial charge in [0.2, 0.25) is 11.8 Å². The molecule has 2 fully saturated rings. The molecule has 0 saturated carbocycles. The number of carbonyl (C=O) groups excluding carboxylic acids is 4. The number of ether oxygens (including phenoxy) is 2. The number of benzene rings is 2. The smallest absolute Gasteiger partial charge is 0.407 e. The van der Waals surface area contributed by atoms with Crippen molar-refractivity contribution < 1.29 is 28.7 Å². The van der Waals surface area contributed by atoms with E-state index in [0.29, 0.717) is 12.5 Å². The minimum Gasteiger partial charge on any atom is -0.453 e. The van der Waals surface area contributed by atoms with Crippen LogP contribution < -0.4 is 10.6 Å². The summed E-state index contributed by atoms with van der Waals surface area (Å²) >= 11 is 0. The lowest BCUT2D eigenvalue weighted by Crippen LogP contribution is -2.51. The molecular weight excluding hydrogens is 725 g/mol. The van der Waals surface area contributed by atoms with E-state index in [1.165, 1.54) is 20.6 Å².